The van der Waals surface area contributed by atoms with Gasteiger partial charge in [0.05, 0.1) is 17.8 Å². The fourth-order valence-electron chi connectivity index (χ4n) is 5.11. The second kappa shape index (κ2) is 11.9. The van der Waals surface area contributed by atoms with E-state index < -0.39 is 41.9 Å². The standard InChI is InChI=1S/C30H31ClN6O6/c1-30(2,3)43-23-12-18(22(38)13-25(40)41)6-9-21(23)28-35-26(17-4-7-20(31)8-5-17)27(19-14-33-34-15-19)37(28)29(42)36-11-10-32-24(39)16-36/h4-9,12,14-15,26-27H,10-11,13,16H2,1-3H3,(H,32,39)(H,33,34)(H,40,41)/t26-,27+/m0/s1. The fourth-order valence-corrected chi connectivity index (χ4v) is 5.23. The van der Waals surface area contributed by atoms with Crippen molar-refractivity contribution in [1.82, 2.24) is 25.3 Å². The minimum Gasteiger partial charge on any atom is -0.487 e. The number of aliphatic carboxylic acids is 1. The third-order valence-corrected chi connectivity index (χ3v) is 7.18. The number of piperazine rings is 1. The fraction of sp³-hybridized carbons (Fsp3) is 0.333. The predicted octanol–water partition coefficient (Wildman–Crippen LogP) is 3.99. The molecule has 5 rings (SSSR count). The number of aromatic nitrogens is 2. The van der Waals surface area contributed by atoms with Gasteiger partial charge in [-0.25, -0.2) is 4.79 Å². The Kier molecular flexibility index (Phi) is 8.23. The zero-order valence-corrected chi connectivity index (χ0v) is 24.6. The molecular weight excluding hydrogens is 576 g/mol. The normalized spacial score (nSPS) is 18.7. The monoisotopic (exact) mass is 606 g/mol. The molecule has 12 nitrogen and oxygen atoms in total. The Bertz CT molecular complexity index is 1580. The van der Waals surface area contributed by atoms with Crippen molar-refractivity contribution >= 4 is 41.1 Å². The zero-order chi connectivity index (χ0) is 30.9. The Morgan fingerprint density at radius 1 is 1.12 bits per heavy atom. The molecule has 0 spiro atoms. The van der Waals surface area contributed by atoms with E-state index in [4.69, 9.17) is 21.3 Å². The van der Waals surface area contributed by atoms with Gasteiger partial charge in [-0.2, -0.15) is 5.10 Å². The molecule has 3 aromatic rings. The summed E-state index contributed by atoms with van der Waals surface area (Å²) in [4.78, 5) is 58.6. The molecule has 1 fully saturated rings. The van der Waals surface area contributed by atoms with Crippen LogP contribution in [0.2, 0.25) is 5.02 Å². The Balaban J connectivity index is 1.69. The van der Waals surface area contributed by atoms with Gasteiger partial charge >= 0.3 is 12.0 Å². The molecule has 3 amide bonds. The highest BCUT2D eigenvalue weighted by Gasteiger charge is 2.45. The van der Waals surface area contributed by atoms with Gasteiger partial charge in [-0.3, -0.25) is 29.4 Å². The quantitative estimate of drug-likeness (QED) is 0.271. The number of aliphatic imine (C=N–C) groups is 1. The first-order valence-electron chi connectivity index (χ1n) is 13.7. The lowest BCUT2D eigenvalue weighted by Crippen LogP contribution is -2.55. The van der Waals surface area contributed by atoms with Crippen LogP contribution in [0.25, 0.3) is 0 Å². The van der Waals surface area contributed by atoms with E-state index in [9.17, 15) is 24.3 Å². The second-order valence-electron chi connectivity index (χ2n) is 11.3. The third-order valence-electron chi connectivity index (χ3n) is 6.93. The largest absolute Gasteiger partial charge is 0.487 e. The average Bonchev–Trinajstić information content (AvgIpc) is 3.60. The van der Waals surface area contributed by atoms with Crippen LogP contribution in [0, 0.1) is 0 Å². The van der Waals surface area contributed by atoms with Gasteiger partial charge in [0.1, 0.15) is 36.2 Å². The summed E-state index contributed by atoms with van der Waals surface area (Å²) in [5, 5.41) is 19.4. The number of carbonyl (C=O) groups is 4. The number of urea groups is 1. The number of hydrogen-bond acceptors (Lipinski definition) is 7. The predicted molar refractivity (Wildman–Crippen MR) is 157 cm³/mol. The lowest BCUT2D eigenvalue weighted by Gasteiger charge is -2.35. The summed E-state index contributed by atoms with van der Waals surface area (Å²) in [6, 6.07) is 10.0. The van der Waals surface area contributed by atoms with E-state index in [1.165, 1.54) is 21.9 Å². The van der Waals surface area contributed by atoms with Crippen molar-refractivity contribution in [2.45, 2.75) is 44.9 Å². The zero-order valence-electron chi connectivity index (χ0n) is 23.8. The number of H-pyrrole nitrogens is 1. The van der Waals surface area contributed by atoms with E-state index >= 15 is 0 Å². The van der Waals surface area contributed by atoms with Crippen molar-refractivity contribution in [3.05, 3.63) is 82.1 Å². The Morgan fingerprint density at radius 3 is 2.49 bits per heavy atom. The number of ether oxygens (including phenoxy) is 1. The topological polar surface area (TPSA) is 157 Å². The number of amides is 3. The molecule has 1 saturated heterocycles. The number of hydrogen-bond donors (Lipinski definition) is 3. The molecule has 0 unspecified atom stereocenters. The Morgan fingerprint density at radius 2 is 1.86 bits per heavy atom. The smallest absolute Gasteiger partial charge is 0.326 e. The number of carbonyl (C=O) groups excluding carboxylic acids is 3. The first kappa shape index (κ1) is 29.8. The molecule has 2 aliphatic rings. The molecule has 2 atom stereocenters. The summed E-state index contributed by atoms with van der Waals surface area (Å²) < 4.78 is 6.28. The molecule has 0 saturated carbocycles. The van der Waals surface area contributed by atoms with E-state index in [2.05, 4.69) is 15.5 Å². The first-order chi connectivity index (χ1) is 20.4. The van der Waals surface area contributed by atoms with Gasteiger partial charge in [0.2, 0.25) is 5.91 Å². The average molecular weight is 607 g/mol. The summed E-state index contributed by atoms with van der Waals surface area (Å²) >= 11 is 6.19. The lowest BCUT2D eigenvalue weighted by molar-refractivity contribution is -0.136. The Labute approximate surface area is 252 Å². The summed E-state index contributed by atoms with van der Waals surface area (Å²) in [6.07, 6.45) is 2.63. The van der Waals surface area contributed by atoms with Crippen molar-refractivity contribution in [2.24, 2.45) is 4.99 Å². The van der Waals surface area contributed by atoms with Crippen LogP contribution >= 0.6 is 11.6 Å². The summed E-state index contributed by atoms with van der Waals surface area (Å²) in [7, 11) is 0. The van der Waals surface area contributed by atoms with Gasteiger partial charge in [-0.15, -0.1) is 0 Å². The molecule has 43 heavy (non-hydrogen) atoms. The number of carboxylic acids is 1. The van der Waals surface area contributed by atoms with Crippen LogP contribution < -0.4 is 10.1 Å². The third kappa shape index (κ3) is 6.54. The number of halogens is 1. The van der Waals surface area contributed by atoms with Crippen LogP contribution in [-0.4, -0.2) is 79.9 Å². The van der Waals surface area contributed by atoms with E-state index in [0.717, 1.165) is 5.56 Å². The van der Waals surface area contributed by atoms with Gasteiger partial charge in [0, 0.05) is 35.4 Å². The van der Waals surface area contributed by atoms with Crippen molar-refractivity contribution in [1.29, 1.82) is 0 Å². The number of nitrogens with one attached hydrogen (secondary N) is 2. The molecule has 3 heterocycles. The highest BCUT2D eigenvalue weighted by atomic mass is 35.5. The van der Waals surface area contributed by atoms with Crippen molar-refractivity contribution in [3.63, 3.8) is 0 Å². The van der Waals surface area contributed by atoms with E-state index in [-0.39, 0.29) is 29.6 Å². The molecule has 224 valence electrons. The van der Waals surface area contributed by atoms with Crippen LogP contribution in [0.15, 0.2) is 59.9 Å². The van der Waals surface area contributed by atoms with Crippen molar-refractivity contribution in [2.75, 3.05) is 19.6 Å². The van der Waals surface area contributed by atoms with Gasteiger partial charge in [0.25, 0.3) is 0 Å². The van der Waals surface area contributed by atoms with Gasteiger partial charge in [-0.05, 0) is 50.6 Å². The van der Waals surface area contributed by atoms with Gasteiger partial charge in [-0.1, -0.05) is 29.8 Å². The maximum absolute atomic E-state index is 14.3. The molecule has 0 radical (unpaired) electrons. The first-order valence-corrected chi connectivity index (χ1v) is 14.0. The second-order valence-corrected chi connectivity index (χ2v) is 11.7. The van der Waals surface area contributed by atoms with E-state index in [0.29, 0.717) is 29.2 Å². The van der Waals surface area contributed by atoms with Crippen LogP contribution in [-0.2, 0) is 9.59 Å². The number of benzene rings is 2. The van der Waals surface area contributed by atoms with E-state index in [1.807, 2.05) is 32.9 Å². The molecule has 2 aliphatic heterocycles. The molecule has 3 N–H and O–H groups in total. The van der Waals surface area contributed by atoms with Crippen LogP contribution in [0.5, 0.6) is 5.75 Å². The highest BCUT2D eigenvalue weighted by Crippen LogP contribution is 2.45. The number of aromatic amines is 1. The maximum atomic E-state index is 14.3. The molecule has 2 aromatic carbocycles. The van der Waals surface area contributed by atoms with Gasteiger partial charge in [0.15, 0.2) is 5.78 Å². The number of carboxylic acid groups (broad SMARTS) is 1. The lowest BCUT2D eigenvalue weighted by atomic mass is 9.95. The minimum absolute atomic E-state index is 0.125. The SMILES string of the molecule is CC(C)(C)Oc1cc(C(=O)CC(=O)O)ccc1C1=N[C@@H](c2ccc(Cl)cc2)[C@@H](c2cn[nH]c2)N1C(=O)N1CCNC(=O)C1. The maximum Gasteiger partial charge on any atom is 0.326 e. The highest BCUT2D eigenvalue weighted by molar-refractivity contribution is 6.30. The number of rotatable bonds is 7. The van der Waals surface area contributed by atoms with Crippen LogP contribution in [0.4, 0.5) is 4.79 Å². The number of amidine groups is 1. The minimum atomic E-state index is -1.25. The molecule has 0 aliphatic carbocycles. The number of nitrogens with zero attached hydrogens (tertiary/aromatic N) is 4. The van der Waals surface area contributed by atoms with Crippen molar-refractivity contribution < 1.29 is 29.0 Å². The van der Waals surface area contributed by atoms with Crippen LogP contribution in [0.3, 0.4) is 0 Å². The van der Waals surface area contributed by atoms with E-state index in [1.54, 1.807) is 30.6 Å². The van der Waals surface area contributed by atoms with Crippen LogP contribution in [0.1, 0.15) is 66.3 Å². The van der Waals surface area contributed by atoms with Gasteiger partial charge < -0.3 is 20.1 Å². The number of ketones is 1. The summed E-state index contributed by atoms with van der Waals surface area (Å²) in [6.45, 7) is 5.98. The molecular formula is C30H31ClN6O6. The number of Topliss-reactive ketones (excluding diaryl/α,β-unsaturated/α-hetero) is 1. The Hall–Kier alpha value is -4.71. The van der Waals surface area contributed by atoms with Crippen molar-refractivity contribution in [3.8, 4) is 5.75 Å². The summed E-state index contributed by atoms with van der Waals surface area (Å²) in [5.74, 6) is -1.60. The molecule has 1 aromatic heterocycles. The molecule has 13 heteroatoms. The summed E-state index contributed by atoms with van der Waals surface area (Å²) in [5.41, 5.74) is 1.31. The molecule has 0 bridgehead atoms.